The van der Waals surface area contributed by atoms with Crippen molar-refractivity contribution < 1.29 is 27.1 Å². The Bertz CT molecular complexity index is 1950. The first-order valence-corrected chi connectivity index (χ1v) is 14.8. The summed E-state index contributed by atoms with van der Waals surface area (Å²) in [6.07, 6.45) is 5.50. The molecule has 1 saturated heterocycles. The van der Waals surface area contributed by atoms with Crippen LogP contribution in [0.1, 0.15) is 12.5 Å². The van der Waals surface area contributed by atoms with Crippen LogP contribution in [-0.2, 0) is 19.6 Å². The number of pyridine rings is 1. The molecule has 44 heavy (non-hydrogen) atoms. The standard InChI is InChI=1S/C30H26FN7O5S/c1-19(39)6-9-27(40)37-10-12-38(13-11-37)29-23-14-20(7-8-25(23)34-18-35-29)22-15-26(30(43-2)33-17-22)36-44(41,42)28-21(16-32)4-3-5-24(28)31/h3-9,14-15,17-18,36H,10-13H2,1-2H3/b9-6+. The van der Waals surface area contributed by atoms with Crippen molar-refractivity contribution in [3.63, 3.8) is 0 Å². The van der Waals surface area contributed by atoms with Gasteiger partial charge in [0.15, 0.2) is 5.78 Å². The lowest BCUT2D eigenvalue weighted by Gasteiger charge is -2.35. The van der Waals surface area contributed by atoms with Crippen LogP contribution in [0, 0.1) is 17.1 Å². The summed E-state index contributed by atoms with van der Waals surface area (Å²) in [5.41, 5.74) is 1.45. The maximum atomic E-state index is 14.6. The topological polar surface area (TPSA) is 158 Å². The van der Waals surface area contributed by atoms with Gasteiger partial charge in [0.2, 0.25) is 11.8 Å². The summed E-state index contributed by atoms with van der Waals surface area (Å²) in [4.78, 5) is 39.6. The Balaban J connectivity index is 1.45. The molecule has 0 radical (unpaired) electrons. The number of ether oxygens (including phenoxy) is 1. The monoisotopic (exact) mass is 615 g/mol. The number of benzene rings is 2. The number of anilines is 2. The van der Waals surface area contributed by atoms with Crippen molar-refractivity contribution in [3.8, 4) is 23.1 Å². The summed E-state index contributed by atoms with van der Waals surface area (Å²) < 4.78 is 48.5. The quantitative estimate of drug-likeness (QED) is 0.292. The Kier molecular flexibility index (Phi) is 8.50. The van der Waals surface area contributed by atoms with Crippen LogP contribution in [0.4, 0.5) is 15.9 Å². The van der Waals surface area contributed by atoms with Gasteiger partial charge in [-0.25, -0.2) is 27.8 Å². The van der Waals surface area contributed by atoms with Crippen molar-refractivity contribution in [3.05, 3.63) is 78.5 Å². The van der Waals surface area contributed by atoms with Crippen LogP contribution in [0.15, 0.2) is 72.0 Å². The van der Waals surface area contributed by atoms with E-state index in [1.807, 2.05) is 11.0 Å². The summed E-state index contributed by atoms with van der Waals surface area (Å²) in [5, 5.41) is 10.1. The van der Waals surface area contributed by atoms with E-state index in [2.05, 4.69) is 19.7 Å². The van der Waals surface area contributed by atoms with E-state index in [-0.39, 0.29) is 28.8 Å². The second-order valence-corrected chi connectivity index (χ2v) is 11.4. The summed E-state index contributed by atoms with van der Waals surface area (Å²) in [7, 11) is -3.22. The third kappa shape index (κ3) is 6.18. The van der Waals surface area contributed by atoms with E-state index < -0.39 is 20.7 Å². The Morgan fingerprint density at radius 2 is 1.82 bits per heavy atom. The fourth-order valence-corrected chi connectivity index (χ4v) is 6.08. The van der Waals surface area contributed by atoms with Crippen LogP contribution in [-0.4, -0.2) is 73.2 Å². The van der Waals surface area contributed by atoms with E-state index in [1.54, 1.807) is 23.1 Å². The second-order valence-electron chi connectivity index (χ2n) is 9.80. The lowest BCUT2D eigenvalue weighted by atomic mass is 10.0. The van der Waals surface area contributed by atoms with Gasteiger partial charge >= 0.3 is 0 Å². The molecular formula is C30H26FN7O5S. The number of hydrogen-bond donors (Lipinski definition) is 1. The number of fused-ring (bicyclic) bond motifs is 1. The molecule has 1 amide bonds. The van der Waals surface area contributed by atoms with Crippen molar-refractivity contribution in [2.75, 3.05) is 42.9 Å². The number of allylic oxidation sites excluding steroid dienone is 1. The summed E-state index contributed by atoms with van der Waals surface area (Å²) in [6, 6.07) is 12.1. The van der Waals surface area contributed by atoms with Gasteiger partial charge in [-0.1, -0.05) is 12.1 Å². The van der Waals surface area contributed by atoms with Gasteiger partial charge in [-0.15, -0.1) is 0 Å². The molecule has 0 atom stereocenters. The number of carbonyl (C=O) groups excluding carboxylic acids is 2. The number of amides is 1. The molecule has 2 aromatic carbocycles. The van der Waals surface area contributed by atoms with Gasteiger partial charge < -0.3 is 14.5 Å². The van der Waals surface area contributed by atoms with E-state index in [0.717, 1.165) is 11.5 Å². The number of nitrogens with one attached hydrogen (secondary N) is 1. The normalized spacial score (nSPS) is 13.6. The molecule has 0 spiro atoms. The molecule has 2 aromatic heterocycles. The number of sulfonamides is 1. The highest BCUT2D eigenvalue weighted by atomic mass is 32.2. The lowest BCUT2D eigenvalue weighted by Crippen LogP contribution is -2.48. The van der Waals surface area contributed by atoms with Crippen LogP contribution in [0.25, 0.3) is 22.0 Å². The predicted octanol–water partition coefficient (Wildman–Crippen LogP) is 3.31. The summed E-state index contributed by atoms with van der Waals surface area (Å²) in [5.74, 6) is -0.891. The van der Waals surface area contributed by atoms with Crippen LogP contribution in [0.3, 0.4) is 0 Å². The number of ketones is 1. The number of halogens is 1. The first-order valence-electron chi connectivity index (χ1n) is 13.3. The average molecular weight is 616 g/mol. The average Bonchev–Trinajstić information content (AvgIpc) is 3.02. The van der Waals surface area contributed by atoms with Crippen LogP contribution in [0.5, 0.6) is 5.88 Å². The third-order valence-electron chi connectivity index (χ3n) is 6.94. The van der Waals surface area contributed by atoms with Gasteiger partial charge in [-0.2, -0.15) is 5.26 Å². The highest BCUT2D eigenvalue weighted by Crippen LogP contribution is 2.34. The van der Waals surface area contributed by atoms with Gasteiger partial charge in [0, 0.05) is 49.4 Å². The predicted molar refractivity (Wildman–Crippen MR) is 160 cm³/mol. The molecule has 1 aliphatic rings. The third-order valence-corrected chi connectivity index (χ3v) is 8.39. The highest BCUT2D eigenvalue weighted by molar-refractivity contribution is 7.92. The zero-order valence-electron chi connectivity index (χ0n) is 23.7. The number of piperazine rings is 1. The number of hydrogen-bond acceptors (Lipinski definition) is 10. The number of carbonyl (C=O) groups is 2. The fraction of sp³-hybridized carbons (Fsp3) is 0.200. The number of nitrogens with zero attached hydrogens (tertiary/aromatic N) is 6. The lowest BCUT2D eigenvalue weighted by molar-refractivity contribution is -0.126. The summed E-state index contributed by atoms with van der Waals surface area (Å²) in [6.45, 7) is 3.27. The van der Waals surface area contributed by atoms with Crippen molar-refractivity contribution in [2.24, 2.45) is 0 Å². The molecule has 14 heteroatoms. The summed E-state index contributed by atoms with van der Waals surface area (Å²) >= 11 is 0. The Morgan fingerprint density at radius 1 is 1.05 bits per heavy atom. The molecule has 1 fully saturated rings. The van der Waals surface area contributed by atoms with E-state index in [9.17, 15) is 27.7 Å². The zero-order chi connectivity index (χ0) is 31.4. The molecule has 1 N–H and O–H groups in total. The Hall–Kier alpha value is -5.42. The largest absolute Gasteiger partial charge is 0.480 e. The Labute approximate surface area is 252 Å². The number of rotatable bonds is 8. The molecule has 224 valence electrons. The molecule has 4 aromatic rings. The minimum Gasteiger partial charge on any atom is -0.480 e. The molecule has 0 bridgehead atoms. The number of methoxy groups -OCH3 is 1. The first-order chi connectivity index (χ1) is 21.1. The Morgan fingerprint density at radius 3 is 2.52 bits per heavy atom. The molecular weight excluding hydrogens is 589 g/mol. The molecule has 12 nitrogen and oxygen atoms in total. The minimum atomic E-state index is -4.54. The minimum absolute atomic E-state index is 0.0532. The molecule has 5 rings (SSSR count). The van der Waals surface area contributed by atoms with Gasteiger partial charge in [-0.3, -0.25) is 14.3 Å². The maximum absolute atomic E-state index is 14.6. The van der Waals surface area contributed by atoms with E-state index in [4.69, 9.17) is 4.74 Å². The molecule has 0 saturated carbocycles. The highest BCUT2D eigenvalue weighted by Gasteiger charge is 2.26. The van der Waals surface area contributed by atoms with Crippen LogP contribution >= 0.6 is 0 Å². The van der Waals surface area contributed by atoms with Crippen LogP contribution < -0.4 is 14.4 Å². The van der Waals surface area contributed by atoms with E-state index in [0.29, 0.717) is 48.6 Å². The van der Waals surface area contributed by atoms with Gasteiger partial charge in [0.25, 0.3) is 10.0 Å². The van der Waals surface area contributed by atoms with E-state index >= 15 is 0 Å². The molecule has 0 unspecified atom stereocenters. The van der Waals surface area contributed by atoms with Gasteiger partial charge in [0.05, 0.1) is 18.2 Å². The smallest absolute Gasteiger partial charge is 0.266 e. The second kappa shape index (κ2) is 12.4. The maximum Gasteiger partial charge on any atom is 0.266 e. The van der Waals surface area contributed by atoms with Crippen molar-refractivity contribution in [2.45, 2.75) is 11.8 Å². The van der Waals surface area contributed by atoms with Crippen molar-refractivity contribution in [1.29, 1.82) is 5.26 Å². The molecule has 3 heterocycles. The van der Waals surface area contributed by atoms with E-state index in [1.165, 1.54) is 56.9 Å². The zero-order valence-corrected chi connectivity index (χ0v) is 24.5. The van der Waals surface area contributed by atoms with Gasteiger partial charge in [0.1, 0.15) is 34.6 Å². The number of aromatic nitrogens is 3. The molecule has 1 aliphatic heterocycles. The fourth-order valence-electron chi connectivity index (χ4n) is 4.82. The number of nitriles is 1. The first kappa shape index (κ1) is 30.1. The SMILES string of the molecule is COc1ncc(-c2ccc3ncnc(N4CCN(C(=O)/C=C/C(C)=O)CC4)c3c2)cc1NS(=O)(=O)c1c(F)cccc1C#N. The van der Waals surface area contributed by atoms with Gasteiger partial charge in [-0.05, 0) is 48.9 Å². The van der Waals surface area contributed by atoms with Crippen molar-refractivity contribution >= 4 is 44.1 Å². The molecule has 0 aliphatic carbocycles. The van der Waals surface area contributed by atoms with Crippen molar-refractivity contribution in [1.82, 2.24) is 19.9 Å². The van der Waals surface area contributed by atoms with Crippen LogP contribution in [0.2, 0.25) is 0 Å².